The first-order valence-corrected chi connectivity index (χ1v) is 14.6. The van der Waals surface area contributed by atoms with Gasteiger partial charge in [-0.25, -0.2) is 9.59 Å². The van der Waals surface area contributed by atoms with Crippen molar-refractivity contribution in [2.24, 2.45) is 0 Å². The molecule has 0 heterocycles. The van der Waals surface area contributed by atoms with Crippen molar-refractivity contribution in [3.63, 3.8) is 0 Å². The molecule has 0 saturated heterocycles. The van der Waals surface area contributed by atoms with E-state index in [0.29, 0.717) is 11.3 Å². The van der Waals surface area contributed by atoms with Crippen LogP contribution in [0.5, 0.6) is 5.75 Å². The molecular weight excluding hydrogens is 548 g/mol. The summed E-state index contributed by atoms with van der Waals surface area (Å²) >= 11 is 0. The third-order valence-electron chi connectivity index (χ3n) is 8.02. The first-order chi connectivity index (χ1) is 21.5. The Labute approximate surface area is 257 Å². The Morgan fingerprint density at radius 3 is 1.84 bits per heavy atom. The van der Waals surface area contributed by atoms with Crippen molar-refractivity contribution >= 4 is 11.9 Å². The summed E-state index contributed by atoms with van der Waals surface area (Å²) in [4.78, 5) is 24.5. The molecule has 0 spiro atoms. The fourth-order valence-electron chi connectivity index (χ4n) is 5.96. The summed E-state index contributed by atoms with van der Waals surface area (Å²) in [7, 11) is 0. The molecule has 1 aliphatic carbocycles. The van der Waals surface area contributed by atoms with E-state index >= 15 is 0 Å². The van der Waals surface area contributed by atoms with E-state index in [-0.39, 0.29) is 13.2 Å². The highest BCUT2D eigenvalue weighted by molar-refractivity contribution is 5.89. The van der Waals surface area contributed by atoms with E-state index in [1.54, 1.807) is 24.3 Å². The van der Waals surface area contributed by atoms with Crippen LogP contribution >= 0.6 is 0 Å². The van der Waals surface area contributed by atoms with Gasteiger partial charge in [-0.1, -0.05) is 115 Å². The molecule has 0 saturated carbocycles. The molecule has 1 aliphatic rings. The lowest BCUT2D eigenvalue weighted by molar-refractivity contribution is -0.141. The molecule has 5 nitrogen and oxygen atoms in total. The topological polar surface area (TPSA) is 61.8 Å². The lowest BCUT2D eigenvalue weighted by atomic mass is 9.67. The second-order valence-electron chi connectivity index (χ2n) is 10.8. The molecular formula is C39H32O5. The van der Waals surface area contributed by atoms with Crippen LogP contribution in [0.3, 0.4) is 0 Å². The summed E-state index contributed by atoms with van der Waals surface area (Å²) in [6.07, 6.45) is 0.248. The number of ether oxygens (including phenoxy) is 3. The highest BCUT2D eigenvalue weighted by Gasteiger charge is 2.45. The van der Waals surface area contributed by atoms with Crippen molar-refractivity contribution in [2.75, 3.05) is 13.2 Å². The van der Waals surface area contributed by atoms with E-state index in [2.05, 4.69) is 98.4 Å². The summed E-state index contributed by atoms with van der Waals surface area (Å²) in [5.41, 5.74) is 8.30. The third-order valence-corrected chi connectivity index (χ3v) is 8.02. The molecule has 1 unspecified atom stereocenters. The van der Waals surface area contributed by atoms with Crippen LogP contribution in [0.1, 0.15) is 38.2 Å². The van der Waals surface area contributed by atoms with Gasteiger partial charge in [-0.2, -0.15) is 0 Å². The number of benzene rings is 5. The Morgan fingerprint density at radius 1 is 0.705 bits per heavy atom. The van der Waals surface area contributed by atoms with Gasteiger partial charge in [0, 0.05) is 6.08 Å². The molecule has 0 aromatic heterocycles. The van der Waals surface area contributed by atoms with Crippen molar-refractivity contribution in [2.45, 2.75) is 18.4 Å². The van der Waals surface area contributed by atoms with Gasteiger partial charge in [0.15, 0.2) is 6.10 Å². The van der Waals surface area contributed by atoms with E-state index < -0.39 is 23.5 Å². The van der Waals surface area contributed by atoms with E-state index in [9.17, 15) is 9.59 Å². The minimum Gasteiger partial charge on any atom is -0.490 e. The third kappa shape index (κ3) is 5.40. The molecule has 0 N–H and O–H groups in total. The highest BCUT2D eigenvalue weighted by atomic mass is 16.6. The molecule has 44 heavy (non-hydrogen) atoms. The molecule has 0 aliphatic heterocycles. The van der Waals surface area contributed by atoms with Gasteiger partial charge in [0.2, 0.25) is 0 Å². The van der Waals surface area contributed by atoms with E-state index in [4.69, 9.17) is 14.2 Å². The van der Waals surface area contributed by atoms with Gasteiger partial charge in [-0.05, 0) is 64.6 Å². The fraction of sp³-hybridized carbons (Fsp3) is 0.128. The van der Waals surface area contributed by atoms with E-state index in [1.165, 1.54) is 33.4 Å². The van der Waals surface area contributed by atoms with Gasteiger partial charge in [0.25, 0.3) is 0 Å². The van der Waals surface area contributed by atoms with Gasteiger partial charge >= 0.3 is 11.9 Å². The molecule has 5 aromatic carbocycles. The molecule has 5 aromatic rings. The summed E-state index contributed by atoms with van der Waals surface area (Å²) < 4.78 is 16.9. The molecule has 0 fully saturated rings. The number of rotatable bonds is 10. The van der Waals surface area contributed by atoms with Crippen LogP contribution in [-0.4, -0.2) is 31.3 Å². The zero-order valence-electron chi connectivity index (χ0n) is 24.4. The predicted molar refractivity (Wildman–Crippen MR) is 171 cm³/mol. The van der Waals surface area contributed by atoms with Gasteiger partial charge in [-0.3, -0.25) is 0 Å². The zero-order chi connectivity index (χ0) is 30.5. The molecule has 0 radical (unpaired) electrons. The average Bonchev–Trinajstić information content (AvgIpc) is 3.38. The summed E-state index contributed by atoms with van der Waals surface area (Å²) in [6, 6.07) is 42.7. The summed E-state index contributed by atoms with van der Waals surface area (Å²) in [6.45, 7) is 5.36. The quantitative estimate of drug-likeness (QED) is 0.123. The smallest absolute Gasteiger partial charge is 0.338 e. The monoisotopic (exact) mass is 580 g/mol. The van der Waals surface area contributed by atoms with Crippen LogP contribution in [0, 0.1) is 6.92 Å². The van der Waals surface area contributed by atoms with Crippen molar-refractivity contribution in [3.8, 4) is 16.9 Å². The summed E-state index contributed by atoms with van der Waals surface area (Å²) in [5.74, 6) is -0.528. The normalized spacial score (nSPS) is 13.2. The zero-order valence-corrected chi connectivity index (χ0v) is 24.4. The van der Waals surface area contributed by atoms with Crippen LogP contribution < -0.4 is 4.74 Å². The second kappa shape index (κ2) is 12.4. The number of hydrogen-bond acceptors (Lipinski definition) is 5. The maximum atomic E-state index is 12.7. The number of carbonyl (C=O) groups excluding carboxylic acids is 2. The number of hydrogen-bond donors (Lipinski definition) is 0. The minimum atomic E-state index is -0.821. The van der Waals surface area contributed by atoms with Crippen LogP contribution in [-0.2, 0) is 19.7 Å². The maximum Gasteiger partial charge on any atom is 0.338 e. The predicted octanol–water partition coefficient (Wildman–Crippen LogP) is 7.69. The highest BCUT2D eigenvalue weighted by Crippen LogP contribution is 2.56. The standard InChI is InChI=1S/C39H32O5/c1-3-37(40)43-26-32(44-38(41)28-11-5-4-6-12-28)25-42-31-23-21-30(22-24-31)39(29-19-17-27(2)18-20-29)35-15-9-7-13-33(35)34-14-8-10-16-36(34)39/h3-24,32H,1,25-26H2,2H3. The second-order valence-corrected chi connectivity index (χ2v) is 10.8. The molecule has 0 bridgehead atoms. The Balaban J connectivity index is 1.31. The lowest BCUT2D eigenvalue weighted by Gasteiger charge is -2.34. The molecule has 0 amide bonds. The Hall–Kier alpha value is -5.42. The molecule has 6 rings (SSSR count). The van der Waals surface area contributed by atoms with Gasteiger partial charge < -0.3 is 14.2 Å². The number of fused-ring (bicyclic) bond motifs is 3. The Kier molecular flexibility index (Phi) is 8.11. The van der Waals surface area contributed by atoms with E-state index in [1.807, 2.05) is 18.2 Å². The largest absolute Gasteiger partial charge is 0.490 e. The average molecular weight is 581 g/mol. The van der Waals surface area contributed by atoms with Gasteiger partial charge in [0.05, 0.1) is 11.0 Å². The van der Waals surface area contributed by atoms with Crippen molar-refractivity contribution in [1.29, 1.82) is 0 Å². The lowest BCUT2D eigenvalue weighted by Crippen LogP contribution is -2.31. The molecule has 218 valence electrons. The SMILES string of the molecule is C=CC(=O)OCC(COc1ccc(C2(c3ccc(C)cc3)c3ccccc3-c3ccccc32)cc1)OC(=O)c1ccccc1. The van der Waals surface area contributed by atoms with Crippen molar-refractivity contribution < 1.29 is 23.8 Å². The first kappa shape index (κ1) is 28.7. The van der Waals surface area contributed by atoms with Crippen LogP contribution in [0.25, 0.3) is 11.1 Å². The van der Waals surface area contributed by atoms with Crippen LogP contribution in [0.15, 0.2) is 140 Å². The van der Waals surface area contributed by atoms with Crippen LogP contribution in [0.4, 0.5) is 0 Å². The van der Waals surface area contributed by atoms with Crippen LogP contribution in [0.2, 0.25) is 0 Å². The van der Waals surface area contributed by atoms with Gasteiger partial charge in [-0.15, -0.1) is 0 Å². The molecule has 5 heteroatoms. The number of esters is 2. The number of carbonyl (C=O) groups is 2. The maximum absolute atomic E-state index is 12.7. The van der Waals surface area contributed by atoms with Crippen molar-refractivity contribution in [3.05, 3.63) is 173 Å². The fourth-order valence-corrected chi connectivity index (χ4v) is 5.96. The van der Waals surface area contributed by atoms with E-state index in [0.717, 1.165) is 11.6 Å². The number of aryl methyl sites for hydroxylation is 1. The first-order valence-electron chi connectivity index (χ1n) is 14.6. The Bertz CT molecular complexity index is 1740. The van der Waals surface area contributed by atoms with Gasteiger partial charge in [0.1, 0.15) is 19.0 Å². The van der Waals surface area contributed by atoms with Crippen molar-refractivity contribution in [1.82, 2.24) is 0 Å². The molecule has 1 atom stereocenters. The Morgan fingerprint density at radius 2 is 1.25 bits per heavy atom. The summed E-state index contributed by atoms with van der Waals surface area (Å²) in [5, 5.41) is 0. The minimum absolute atomic E-state index is 0.00286.